The SMILES string of the molecule is O=C1OC2OC(=O)N(CCCl)C23CCCCC13. The maximum Gasteiger partial charge on any atom is 0.413 e. The predicted octanol–water partition coefficient (Wildman–Crippen LogP) is 1.49. The van der Waals surface area contributed by atoms with Crippen molar-refractivity contribution in [1.82, 2.24) is 4.90 Å². The van der Waals surface area contributed by atoms with Crippen molar-refractivity contribution < 1.29 is 19.1 Å². The minimum Gasteiger partial charge on any atom is -0.422 e. The van der Waals surface area contributed by atoms with Crippen LogP contribution >= 0.6 is 11.6 Å². The van der Waals surface area contributed by atoms with Crippen molar-refractivity contribution >= 4 is 23.7 Å². The Morgan fingerprint density at radius 3 is 2.94 bits per heavy atom. The van der Waals surface area contributed by atoms with E-state index >= 15 is 0 Å². The number of carbonyl (C=O) groups excluding carboxylic acids is 2. The van der Waals surface area contributed by atoms with Gasteiger partial charge >= 0.3 is 12.1 Å². The van der Waals surface area contributed by atoms with E-state index in [0.29, 0.717) is 12.4 Å². The molecule has 1 spiro atoms. The molecule has 94 valence electrons. The number of hydrogen-bond donors (Lipinski definition) is 0. The summed E-state index contributed by atoms with van der Waals surface area (Å²) < 4.78 is 10.4. The van der Waals surface area contributed by atoms with Crippen molar-refractivity contribution in [3.05, 3.63) is 0 Å². The average Bonchev–Trinajstić information content (AvgIpc) is 2.72. The Kier molecular flexibility index (Phi) is 2.47. The summed E-state index contributed by atoms with van der Waals surface area (Å²) in [7, 11) is 0. The maximum atomic E-state index is 11.8. The summed E-state index contributed by atoms with van der Waals surface area (Å²) in [6.45, 7) is 0.407. The molecule has 0 aromatic rings. The van der Waals surface area contributed by atoms with Gasteiger partial charge < -0.3 is 9.47 Å². The first kappa shape index (κ1) is 11.1. The summed E-state index contributed by atoms with van der Waals surface area (Å²) in [5.74, 6) is -0.137. The normalized spacial score (nSPS) is 39.7. The van der Waals surface area contributed by atoms with Crippen molar-refractivity contribution in [2.45, 2.75) is 37.5 Å². The molecule has 0 bridgehead atoms. The van der Waals surface area contributed by atoms with E-state index in [1.807, 2.05) is 0 Å². The molecule has 0 radical (unpaired) electrons. The second kappa shape index (κ2) is 3.77. The topological polar surface area (TPSA) is 55.8 Å². The molecule has 3 unspecified atom stereocenters. The van der Waals surface area contributed by atoms with Crippen LogP contribution in [-0.4, -0.2) is 41.2 Å². The number of amides is 1. The van der Waals surface area contributed by atoms with Crippen LogP contribution in [0.3, 0.4) is 0 Å². The molecule has 2 saturated heterocycles. The van der Waals surface area contributed by atoms with Gasteiger partial charge in [-0.25, -0.2) is 4.79 Å². The van der Waals surface area contributed by atoms with Crippen LogP contribution in [0.1, 0.15) is 25.7 Å². The van der Waals surface area contributed by atoms with Crippen molar-refractivity contribution in [3.8, 4) is 0 Å². The Morgan fingerprint density at radius 1 is 1.35 bits per heavy atom. The third-order valence-corrected chi connectivity index (χ3v) is 4.25. The van der Waals surface area contributed by atoms with Crippen LogP contribution in [0.15, 0.2) is 0 Å². The number of nitrogens with zero attached hydrogens (tertiary/aromatic N) is 1. The standard InChI is InChI=1S/C11H14ClNO4/c12-5-6-13-10(15)17-9-11(13)4-2-1-3-7(11)8(14)16-9/h7,9H,1-6H2. The molecule has 3 fully saturated rings. The summed E-state index contributed by atoms with van der Waals surface area (Å²) in [6.07, 6.45) is 2.38. The van der Waals surface area contributed by atoms with Crippen LogP contribution in [0.2, 0.25) is 0 Å². The third-order valence-electron chi connectivity index (χ3n) is 4.08. The van der Waals surface area contributed by atoms with E-state index in [9.17, 15) is 9.59 Å². The summed E-state index contributed by atoms with van der Waals surface area (Å²) in [4.78, 5) is 25.2. The molecule has 6 heteroatoms. The average molecular weight is 260 g/mol. The van der Waals surface area contributed by atoms with Crippen molar-refractivity contribution in [1.29, 1.82) is 0 Å². The van der Waals surface area contributed by atoms with Crippen LogP contribution in [0, 0.1) is 5.92 Å². The van der Waals surface area contributed by atoms with E-state index in [2.05, 4.69) is 0 Å². The number of rotatable bonds is 2. The molecular weight excluding hydrogens is 246 g/mol. The highest BCUT2D eigenvalue weighted by atomic mass is 35.5. The third kappa shape index (κ3) is 1.32. The van der Waals surface area contributed by atoms with Gasteiger partial charge in [0, 0.05) is 12.4 Å². The molecule has 0 N–H and O–H groups in total. The van der Waals surface area contributed by atoms with Gasteiger partial charge in [0.25, 0.3) is 6.29 Å². The molecule has 3 rings (SSSR count). The molecule has 2 heterocycles. The predicted molar refractivity (Wildman–Crippen MR) is 58.5 cm³/mol. The van der Waals surface area contributed by atoms with Gasteiger partial charge in [-0.3, -0.25) is 9.69 Å². The lowest BCUT2D eigenvalue weighted by molar-refractivity contribution is -0.154. The number of hydrogen-bond acceptors (Lipinski definition) is 4. The molecule has 3 aliphatic rings. The van der Waals surface area contributed by atoms with E-state index in [0.717, 1.165) is 25.7 Å². The zero-order chi connectivity index (χ0) is 12.0. The minimum atomic E-state index is -0.726. The van der Waals surface area contributed by atoms with Gasteiger partial charge in [0.05, 0.1) is 5.92 Å². The molecule has 2 aliphatic heterocycles. The van der Waals surface area contributed by atoms with Gasteiger partial charge in [-0.15, -0.1) is 11.6 Å². The van der Waals surface area contributed by atoms with Crippen molar-refractivity contribution in [3.63, 3.8) is 0 Å². The highest BCUT2D eigenvalue weighted by Crippen LogP contribution is 2.51. The highest BCUT2D eigenvalue weighted by molar-refractivity contribution is 6.18. The number of alkyl halides is 1. The van der Waals surface area contributed by atoms with E-state index in [-0.39, 0.29) is 11.9 Å². The Bertz CT molecular complexity index is 374. The first-order valence-corrected chi connectivity index (χ1v) is 6.48. The van der Waals surface area contributed by atoms with E-state index < -0.39 is 17.9 Å². The lowest BCUT2D eigenvalue weighted by Gasteiger charge is -2.39. The molecule has 1 amide bonds. The summed E-state index contributed by atoms with van der Waals surface area (Å²) >= 11 is 5.73. The van der Waals surface area contributed by atoms with Crippen molar-refractivity contribution in [2.24, 2.45) is 5.92 Å². The molecule has 1 saturated carbocycles. The maximum absolute atomic E-state index is 11.8. The number of halogens is 1. The van der Waals surface area contributed by atoms with E-state index in [4.69, 9.17) is 21.1 Å². The summed E-state index contributed by atoms with van der Waals surface area (Å²) in [6, 6.07) is 0. The van der Waals surface area contributed by atoms with Gasteiger partial charge in [-0.05, 0) is 12.8 Å². The smallest absolute Gasteiger partial charge is 0.413 e. The van der Waals surface area contributed by atoms with Crippen LogP contribution in [-0.2, 0) is 14.3 Å². The zero-order valence-electron chi connectivity index (χ0n) is 9.36. The summed E-state index contributed by atoms with van der Waals surface area (Å²) in [5.41, 5.74) is -0.582. The van der Waals surface area contributed by atoms with Gasteiger partial charge in [-0.2, -0.15) is 0 Å². The molecule has 1 aliphatic carbocycles. The Morgan fingerprint density at radius 2 is 2.18 bits per heavy atom. The molecule has 3 atom stereocenters. The fourth-order valence-corrected chi connectivity index (χ4v) is 3.53. The second-order valence-electron chi connectivity index (χ2n) is 4.78. The lowest BCUT2D eigenvalue weighted by Crippen LogP contribution is -2.55. The quantitative estimate of drug-likeness (QED) is 0.557. The first-order chi connectivity index (χ1) is 8.20. The number of ether oxygens (including phenoxy) is 2. The molecule has 5 nitrogen and oxygen atoms in total. The lowest BCUT2D eigenvalue weighted by atomic mass is 9.73. The fourth-order valence-electron chi connectivity index (χ4n) is 3.36. The highest BCUT2D eigenvalue weighted by Gasteiger charge is 2.68. The van der Waals surface area contributed by atoms with Crippen LogP contribution in [0.4, 0.5) is 4.79 Å². The monoisotopic (exact) mass is 259 g/mol. The van der Waals surface area contributed by atoms with Crippen LogP contribution in [0.5, 0.6) is 0 Å². The Hall–Kier alpha value is -0.970. The molecular formula is C11H14ClNO4. The number of esters is 1. The Balaban J connectivity index is 2.00. The Labute approximate surface area is 104 Å². The summed E-state index contributed by atoms with van der Waals surface area (Å²) in [5, 5.41) is 0. The van der Waals surface area contributed by atoms with Gasteiger partial charge in [0.2, 0.25) is 0 Å². The zero-order valence-corrected chi connectivity index (χ0v) is 10.1. The minimum absolute atomic E-state index is 0.234. The van der Waals surface area contributed by atoms with E-state index in [1.54, 1.807) is 4.90 Å². The molecule has 17 heavy (non-hydrogen) atoms. The largest absolute Gasteiger partial charge is 0.422 e. The second-order valence-corrected chi connectivity index (χ2v) is 5.16. The van der Waals surface area contributed by atoms with E-state index in [1.165, 1.54) is 0 Å². The van der Waals surface area contributed by atoms with Crippen LogP contribution < -0.4 is 0 Å². The fraction of sp³-hybridized carbons (Fsp3) is 0.818. The van der Waals surface area contributed by atoms with Crippen molar-refractivity contribution in [2.75, 3.05) is 12.4 Å². The van der Waals surface area contributed by atoms with Gasteiger partial charge in [-0.1, -0.05) is 12.8 Å². The van der Waals surface area contributed by atoms with Gasteiger partial charge in [0.1, 0.15) is 5.54 Å². The molecule has 0 aromatic heterocycles. The number of carbonyl (C=O) groups is 2. The van der Waals surface area contributed by atoms with Crippen LogP contribution in [0.25, 0.3) is 0 Å². The first-order valence-electron chi connectivity index (χ1n) is 5.95. The van der Waals surface area contributed by atoms with Gasteiger partial charge in [0.15, 0.2) is 0 Å². The molecule has 0 aromatic carbocycles.